The van der Waals surface area contributed by atoms with Gasteiger partial charge in [-0.25, -0.2) is 8.42 Å². The van der Waals surface area contributed by atoms with E-state index in [1.807, 2.05) is 17.0 Å². The van der Waals surface area contributed by atoms with Gasteiger partial charge in [-0.2, -0.15) is 0 Å². The van der Waals surface area contributed by atoms with Crippen LogP contribution in [-0.2, 0) is 32.5 Å². The zero-order chi connectivity index (χ0) is 21.5. The third kappa shape index (κ3) is 3.79. The fraction of sp³-hybridized carbons (Fsp3) is 0.364. The van der Waals surface area contributed by atoms with E-state index >= 15 is 0 Å². The molecule has 30 heavy (non-hydrogen) atoms. The Balaban J connectivity index is 1.63. The average molecular weight is 428 g/mol. The summed E-state index contributed by atoms with van der Waals surface area (Å²) in [7, 11) is -3.80. The Morgan fingerprint density at radius 3 is 2.50 bits per heavy atom. The number of carbonyl (C=O) groups excluding carboxylic acids is 2. The molecular weight excluding hydrogens is 402 g/mol. The standard InChI is InChI=1S/C22H25N3O4S/c1-3-20(26)23-17-7-8-19(14(2)11-17)30(28,29)24-18-12-15-5-4-10-25-21(27)9-6-16(13-18)22(15)25/h7-8,11-13,24H,3-6,9-10H2,1-2H3,(H,23,26). The second-order valence-electron chi connectivity index (χ2n) is 7.78. The number of amides is 2. The Bertz CT molecular complexity index is 1120. The van der Waals surface area contributed by atoms with Crippen molar-refractivity contribution in [2.45, 2.75) is 50.8 Å². The molecule has 0 radical (unpaired) electrons. The Labute approximate surface area is 176 Å². The Morgan fingerprint density at radius 2 is 1.80 bits per heavy atom. The van der Waals surface area contributed by atoms with E-state index < -0.39 is 10.0 Å². The molecule has 0 bridgehead atoms. The van der Waals surface area contributed by atoms with E-state index in [0.29, 0.717) is 36.2 Å². The van der Waals surface area contributed by atoms with Gasteiger partial charge in [-0.05, 0) is 73.2 Å². The van der Waals surface area contributed by atoms with Crippen molar-refractivity contribution in [1.29, 1.82) is 0 Å². The zero-order valence-electron chi connectivity index (χ0n) is 17.1. The lowest BCUT2D eigenvalue weighted by Gasteiger charge is -2.35. The van der Waals surface area contributed by atoms with E-state index in [0.717, 1.165) is 36.2 Å². The minimum Gasteiger partial charge on any atom is -0.326 e. The molecule has 8 heteroatoms. The molecule has 0 spiro atoms. The minimum atomic E-state index is -3.80. The van der Waals surface area contributed by atoms with Crippen LogP contribution in [0, 0.1) is 6.92 Å². The van der Waals surface area contributed by atoms with Crippen molar-refractivity contribution < 1.29 is 18.0 Å². The summed E-state index contributed by atoms with van der Waals surface area (Å²) in [6.07, 6.45) is 3.13. The number of nitrogens with zero attached hydrogens (tertiary/aromatic N) is 1. The van der Waals surface area contributed by atoms with E-state index in [9.17, 15) is 18.0 Å². The van der Waals surface area contributed by atoms with E-state index in [1.165, 1.54) is 6.07 Å². The third-order valence-corrected chi connectivity index (χ3v) is 7.14. The van der Waals surface area contributed by atoms with E-state index in [-0.39, 0.29) is 16.7 Å². The normalized spacial score (nSPS) is 15.5. The van der Waals surface area contributed by atoms with Crippen molar-refractivity contribution in [3.63, 3.8) is 0 Å². The lowest BCUT2D eigenvalue weighted by atomic mass is 9.91. The number of nitrogens with one attached hydrogen (secondary N) is 2. The molecule has 0 atom stereocenters. The van der Waals surface area contributed by atoms with Gasteiger partial charge in [0.15, 0.2) is 0 Å². The summed E-state index contributed by atoms with van der Waals surface area (Å²) in [4.78, 5) is 25.8. The molecule has 2 aromatic rings. The van der Waals surface area contributed by atoms with Gasteiger partial charge in [-0.3, -0.25) is 14.3 Å². The fourth-order valence-corrected chi connectivity index (χ4v) is 5.47. The smallest absolute Gasteiger partial charge is 0.262 e. The molecule has 2 N–H and O–H groups in total. The monoisotopic (exact) mass is 427 g/mol. The largest absolute Gasteiger partial charge is 0.326 e. The molecular formula is C22H25N3O4S. The summed E-state index contributed by atoms with van der Waals surface area (Å²) in [6.45, 7) is 4.19. The Morgan fingerprint density at radius 1 is 1.07 bits per heavy atom. The first-order chi connectivity index (χ1) is 14.3. The first-order valence-electron chi connectivity index (χ1n) is 10.2. The number of hydrogen-bond acceptors (Lipinski definition) is 4. The summed E-state index contributed by atoms with van der Waals surface area (Å²) in [5.74, 6) is 0.0151. The van der Waals surface area contributed by atoms with Crippen molar-refractivity contribution >= 4 is 38.9 Å². The molecule has 4 rings (SSSR count). The van der Waals surface area contributed by atoms with Gasteiger partial charge in [0.2, 0.25) is 11.8 Å². The van der Waals surface area contributed by atoms with Gasteiger partial charge in [-0.1, -0.05) is 6.92 Å². The first kappa shape index (κ1) is 20.4. The maximum atomic E-state index is 13.0. The quantitative estimate of drug-likeness (QED) is 0.765. The van der Waals surface area contributed by atoms with Crippen molar-refractivity contribution in [2.75, 3.05) is 21.5 Å². The molecule has 2 heterocycles. The van der Waals surface area contributed by atoms with Crippen molar-refractivity contribution in [1.82, 2.24) is 0 Å². The number of benzene rings is 2. The number of rotatable bonds is 5. The molecule has 2 aliphatic rings. The van der Waals surface area contributed by atoms with Gasteiger partial charge in [-0.15, -0.1) is 0 Å². The lowest BCUT2D eigenvalue weighted by Crippen LogP contribution is -2.39. The van der Waals surface area contributed by atoms with Gasteiger partial charge in [0.25, 0.3) is 10.0 Å². The highest BCUT2D eigenvalue weighted by Crippen LogP contribution is 2.38. The molecule has 158 valence electrons. The molecule has 0 aromatic heterocycles. The molecule has 2 aliphatic heterocycles. The van der Waals surface area contributed by atoms with Crippen molar-refractivity contribution in [3.8, 4) is 0 Å². The van der Waals surface area contributed by atoms with E-state index in [2.05, 4.69) is 10.0 Å². The predicted molar refractivity (Wildman–Crippen MR) is 116 cm³/mol. The van der Waals surface area contributed by atoms with Gasteiger partial charge in [0.05, 0.1) is 10.6 Å². The number of anilines is 3. The summed E-state index contributed by atoms with van der Waals surface area (Å²) in [5.41, 5.74) is 4.63. The molecule has 7 nitrogen and oxygen atoms in total. The molecule has 0 unspecified atom stereocenters. The fourth-order valence-electron chi connectivity index (χ4n) is 4.20. The summed E-state index contributed by atoms with van der Waals surface area (Å²) < 4.78 is 28.8. The SMILES string of the molecule is CCC(=O)Nc1ccc(S(=O)(=O)Nc2cc3c4c(c2)CCC(=O)N4CCC3)c(C)c1. The van der Waals surface area contributed by atoms with Gasteiger partial charge in [0.1, 0.15) is 0 Å². The molecule has 2 amide bonds. The van der Waals surface area contributed by atoms with Crippen molar-refractivity contribution in [3.05, 3.63) is 47.0 Å². The number of hydrogen-bond donors (Lipinski definition) is 2. The van der Waals surface area contributed by atoms with Crippen LogP contribution in [-0.4, -0.2) is 26.8 Å². The van der Waals surface area contributed by atoms with Crippen LogP contribution in [0.3, 0.4) is 0 Å². The summed E-state index contributed by atoms with van der Waals surface area (Å²) in [5, 5.41) is 2.74. The van der Waals surface area contributed by atoms with Crippen LogP contribution < -0.4 is 14.9 Å². The highest BCUT2D eigenvalue weighted by molar-refractivity contribution is 7.92. The van der Waals surface area contributed by atoms with Crippen LogP contribution in [0.5, 0.6) is 0 Å². The van der Waals surface area contributed by atoms with Crippen LogP contribution in [0.2, 0.25) is 0 Å². The van der Waals surface area contributed by atoms with E-state index in [4.69, 9.17) is 0 Å². The van der Waals surface area contributed by atoms with Crippen LogP contribution in [0.4, 0.5) is 17.1 Å². The summed E-state index contributed by atoms with van der Waals surface area (Å²) in [6, 6.07) is 8.43. The van der Waals surface area contributed by atoms with Crippen LogP contribution in [0.1, 0.15) is 42.9 Å². The minimum absolute atomic E-state index is 0.126. The van der Waals surface area contributed by atoms with E-state index in [1.54, 1.807) is 26.0 Å². The number of sulfonamides is 1. The maximum Gasteiger partial charge on any atom is 0.262 e. The number of aryl methyl sites for hydroxylation is 3. The zero-order valence-corrected chi connectivity index (χ0v) is 17.9. The second kappa shape index (κ2) is 7.75. The Kier molecular flexibility index (Phi) is 5.27. The average Bonchev–Trinajstić information content (AvgIpc) is 2.70. The molecule has 0 saturated heterocycles. The molecule has 0 fully saturated rings. The van der Waals surface area contributed by atoms with Crippen molar-refractivity contribution in [2.24, 2.45) is 0 Å². The molecule has 0 saturated carbocycles. The van der Waals surface area contributed by atoms with Gasteiger partial charge in [0, 0.05) is 30.8 Å². The highest BCUT2D eigenvalue weighted by atomic mass is 32.2. The highest BCUT2D eigenvalue weighted by Gasteiger charge is 2.30. The molecule has 2 aromatic carbocycles. The van der Waals surface area contributed by atoms with Crippen LogP contribution >= 0.6 is 0 Å². The van der Waals surface area contributed by atoms with Gasteiger partial charge >= 0.3 is 0 Å². The Hall–Kier alpha value is -2.87. The lowest BCUT2D eigenvalue weighted by molar-refractivity contribution is -0.119. The third-order valence-electron chi connectivity index (χ3n) is 5.60. The van der Waals surface area contributed by atoms with Crippen LogP contribution in [0.25, 0.3) is 0 Å². The topological polar surface area (TPSA) is 95.6 Å². The maximum absolute atomic E-state index is 13.0. The van der Waals surface area contributed by atoms with Crippen LogP contribution in [0.15, 0.2) is 35.2 Å². The predicted octanol–water partition coefficient (Wildman–Crippen LogP) is 3.37. The summed E-state index contributed by atoms with van der Waals surface area (Å²) >= 11 is 0. The second-order valence-corrected chi connectivity index (χ2v) is 9.43. The number of carbonyl (C=O) groups is 2. The van der Waals surface area contributed by atoms with Gasteiger partial charge < -0.3 is 10.2 Å². The first-order valence-corrected chi connectivity index (χ1v) is 11.7. The molecule has 0 aliphatic carbocycles.